The van der Waals surface area contributed by atoms with Crippen LogP contribution in [0.5, 0.6) is 0 Å². The first kappa shape index (κ1) is 49.7. The number of nitrogens with zero attached hydrogens (tertiary/aromatic N) is 1. The number of aliphatic hydroxyl groups excluding tert-OH is 2. The van der Waals surface area contributed by atoms with Crippen molar-refractivity contribution in [1.29, 1.82) is 0 Å². The Labute approximate surface area is 354 Å². The highest BCUT2D eigenvalue weighted by Crippen LogP contribution is 2.21. The molecule has 0 aliphatic carbocycles. The molecule has 338 valence electrons. The van der Waals surface area contributed by atoms with E-state index in [-0.39, 0.29) is 19.0 Å². The molecule has 0 aromatic heterocycles. The van der Waals surface area contributed by atoms with Gasteiger partial charge in [-0.1, -0.05) is 39.3 Å². The molecule has 2 aliphatic heterocycles. The SMILES string of the molecule is CC[C@H](C)[C@@H]1NC(=O)CNC(=O)CNC(=O)[C@H]([C@@H](C)[C@@H](O)CO)N[C@@H]2CCCN2C(=O)[C@H](CC(=O)NCc2ccc(NC(=O)[C@H](C)NC)cc2)NC(=O)CNC(=O)CNC1=O. The number of fused-ring (bicyclic) bond motifs is 1. The molecule has 0 radical (unpaired) electrons. The third-order valence-electron chi connectivity index (χ3n) is 10.6. The number of rotatable bonds is 12. The molecule has 2 fully saturated rings. The minimum atomic E-state index is -1.46. The summed E-state index contributed by atoms with van der Waals surface area (Å²) in [4.78, 5) is 119. The quantitative estimate of drug-likeness (QED) is 0.0947. The lowest BCUT2D eigenvalue weighted by atomic mass is 9.94. The second-order valence-electron chi connectivity index (χ2n) is 15.2. The van der Waals surface area contributed by atoms with Gasteiger partial charge in [0.1, 0.15) is 12.1 Å². The first-order chi connectivity index (χ1) is 29.0. The predicted molar refractivity (Wildman–Crippen MR) is 219 cm³/mol. The number of nitrogens with one attached hydrogen (secondary N) is 10. The summed E-state index contributed by atoms with van der Waals surface area (Å²) in [6.07, 6.45) is -1.58. The van der Waals surface area contributed by atoms with Crippen molar-refractivity contribution < 1.29 is 53.4 Å². The van der Waals surface area contributed by atoms with Crippen LogP contribution in [-0.2, 0) is 49.7 Å². The molecule has 1 aromatic carbocycles. The van der Waals surface area contributed by atoms with Crippen molar-refractivity contribution in [2.75, 3.05) is 51.7 Å². The molecule has 8 atom stereocenters. The maximum absolute atomic E-state index is 14.2. The predicted octanol–water partition coefficient (Wildman–Crippen LogP) is -4.37. The number of carbonyl (C=O) groups is 9. The third kappa shape index (κ3) is 15.7. The summed E-state index contributed by atoms with van der Waals surface area (Å²) < 4.78 is 0. The van der Waals surface area contributed by atoms with Crippen molar-refractivity contribution >= 4 is 58.9 Å². The Balaban J connectivity index is 1.86. The number of likely N-dealkylation sites (N-methyl/N-ethyl adjacent to an activating group) is 1. The molecule has 22 heteroatoms. The second kappa shape index (κ2) is 24.5. The molecule has 0 bridgehead atoms. The zero-order valence-corrected chi connectivity index (χ0v) is 35.2. The van der Waals surface area contributed by atoms with E-state index < -0.39 is 135 Å². The number of aliphatic hydroxyl groups is 2. The smallest absolute Gasteiger partial charge is 0.246 e. The Kier molecular flexibility index (Phi) is 20.0. The number of carbonyl (C=O) groups excluding carboxylic acids is 9. The molecule has 61 heavy (non-hydrogen) atoms. The lowest BCUT2D eigenvalue weighted by molar-refractivity contribution is -0.140. The summed E-state index contributed by atoms with van der Waals surface area (Å²) in [5.74, 6) is -7.45. The van der Waals surface area contributed by atoms with Gasteiger partial charge >= 0.3 is 0 Å². The fraction of sp³-hybridized carbons (Fsp3) is 0.615. The molecular weight excluding hydrogens is 798 g/mol. The summed E-state index contributed by atoms with van der Waals surface area (Å²) in [5, 5.41) is 46.3. The Hall–Kier alpha value is -5.71. The number of benzene rings is 1. The van der Waals surface area contributed by atoms with Gasteiger partial charge in [-0.25, -0.2) is 0 Å². The zero-order valence-electron chi connectivity index (χ0n) is 35.2. The van der Waals surface area contributed by atoms with Crippen molar-refractivity contribution in [3.63, 3.8) is 0 Å². The highest BCUT2D eigenvalue weighted by molar-refractivity contribution is 5.96. The van der Waals surface area contributed by atoms with Gasteiger partial charge in [0.25, 0.3) is 0 Å². The minimum absolute atomic E-state index is 0.0337. The van der Waals surface area contributed by atoms with Crippen molar-refractivity contribution in [2.24, 2.45) is 11.8 Å². The van der Waals surface area contributed by atoms with Gasteiger partial charge in [0, 0.05) is 24.7 Å². The van der Waals surface area contributed by atoms with E-state index in [0.717, 1.165) is 0 Å². The molecule has 22 nitrogen and oxygen atoms in total. The largest absolute Gasteiger partial charge is 0.394 e. The maximum Gasteiger partial charge on any atom is 0.246 e. The van der Waals surface area contributed by atoms with Crippen LogP contribution in [0.25, 0.3) is 0 Å². The van der Waals surface area contributed by atoms with Gasteiger partial charge in [0.05, 0.1) is 63.6 Å². The van der Waals surface area contributed by atoms with Gasteiger partial charge in [-0.3, -0.25) is 48.5 Å². The van der Waals surface area contributed by atoms with Crippen molar-refractivity contribution in [2.45, 2.75) is 96.4 Å². The number of anilines is 1. The molecule has 2 heterocycles. The molecule has 3 rings (SSSR count). The Morgan fingerprint density at radius 1 is 0.820 bits per heavy atom. The molecule has 1 aromatic rings. The van der Waals surface area contributed by atoms with Gasteiger partial charge in [0.15, 0.2) is 0 Å². The van der Waals surface area contributed by atoms with E-state index in [9.17, 15) is 53.4 Å². The van der Waals surface area contributed by atoms with Crippen LogP contribution in [0.1, 0.15) is 58.9 Å². The third-order valence-corrected chi connectivity index (χ3v) is 10.6. The fourth-order valence-corrected chi connectivity index (χ4v) is 6.42. The Bertz CT molecular complexity index is 1730. The van der Waals surface area contributed by atoms with Gasteiger partial charge in [-0.05, 0) is 50.4 Å². The van der Waals surface area contributed by atoms with Crippen LogP contribution in [0.4, 0.5) is 5.69 Å². The van der Waals surface area contributed by atoms with E-state index in [1.54, 1.807) is 52.1 Å². The highest BCUT2D eigenvalue weighted by atomic mass is 16.3. The van der Waals surface area contributed by atoms with E-state index in [2.05, 4.69) is 53.2 Å². The van der Waals surface area contributed by atoms with Crippen molar-refractivity contribution in [3.8, 4) is 0 Å². The average molecular weight is 860 g/mol. The van der Waals surface area contributed by atoms with Gasteiger partial charge in [-0.15, -0.1) is 0 Å². The monoisotopic (exact) mass is 859 g/mol. The van der Waals surface area contributed by atoms with Gasteiger partial charge in [-0.2, -0.15) is 0 Å². The van der Waals surface area contributed by atoms with E-state index in [1.165, 1.54) is 11.8 Å². The Morgan fingerprint density at radius 3 is 1.97 bits per heavy atom. The average Bonchev–Trinajstić information content (AvgIpc) is 3.72. The van der Waals surface area contributed by atoms with Crippen LogP contribution in [0.15, 0.2) is 24.3 Å². The molecule has 2 saturated heterocycles. The number of hydrogen-bond donors (Lipinski definition) is 12. The summed E-state index contributed by atoms with van der Waals surface area (Å²) in [6.45, 7) is 3.80. The molecule has 0 spiro atoms. The van der Waals surface area contributed by atoms with Crippen LogP contribution in [-0.4, -0.2) is 151 Å². The zero-order chi connectivity index (χ0) is 45.2. The van der Waals surface area contributed by atoms with Crippen LogP contribution >= 0.6 is 0 Å². The van der Waals surface area contributed by atoms with Gasteiger partial charge in [0.2, 0.25) is 53.2 Å². The Morgan fingerprint density at radius 2 is 1.39 bits per heavy atom. The number of amides is 9. The van der Waals surface area contributed by atoms with Crippen LogP contribution in [0, 0.1) is 11.8 Å². The summed E-state index contributed by atoms with van der Waals surface area (Å²) in [7, 11) is 1.66. The molecule has 0 saturated carbocycles. The van der Waals surface area contributed by atoms with E-state index in [1.807, 2.05) is 0 Å². The summed E-state index contributed by atoms with van der Waals surface area (Å²) >= 11 is 0. The van der Waals surface area contributed by atoms with E-state index >= 15 is 0 Å². The maximum atomic E-state index is 14.2. The van der Waals surface area contributed by atoms with Crippen molar-refractivity contribution in [1.82, 2.24) is 52.8 Å². The lowest BCUT2D eigenvalue weighted by Crippen LogP contribution is -2.61. The van der Waals surface area contributed by atoms with E-state index in [0.29, 0.717) is 30.5 Å². The molecular formula is C39H61N11O11. The second-order valence-corrected chi connectivity index (χ2v) is 15.2. The van der Waals surface area contributed by atoms with E-state index in [4.69, 9.17) is 0 Å². The topological polar surface area (TPSA) is 318 Å². The molecule has 2 aliphatic rings. The first-order valence-electron chi connectivity index (χ1n) is 20.3. The standard InChI is InChI=1S/C39H61N11O11/c1-6-21(2)34-37(59)44-16-30(54)42-18-32(56)47-26(14-29(53)41-15-24-9-11-25(12-10-24)46-36(58)23(4)40-5)39(61)50-13-7-8-28(50)48-35(22(3)27(52)20-51)38(60)45-17-31(55)43-19-33(57)49-34/h9-12,21-23,26-28,34-35,40,48,51-52H,6-8,13-20H2,1-5H3,(H,41,53)(H,42,54)(H,43,55)(H,44,59)(H,45,60)(H,46,58)(H,47,56)(H,49,57)/t21-,22-,23-,26-,27-,28-,34-,35-/m0/s1. The van der Waals surface area contributed by atoms with Gasteiger partial charge < -0.3 is 63.0 Å². The number of hydrogen-bond acceptors (Lipinski definition) is 13. The molecule has 12 N–H and O–H groups in total. The molecule has 0 unspecified atom stereocenters. The van der Waals surface area contributed by atoms with Crippen LogP contribution in [0.3, 0.4) is 0 Å². The fourth-order valence-electron chi connectivity index (χ4n) is 6.42. The van der Waals surface area contributed by atoms with Crippen molar-refractivity contribution in [3.05, 3.63) is 29.8 Å². The van der Waals surface area contributed by atoms with Crippen LogP contribution in [0.2, 0.25) is 0 Å². The molecule has 9 amide bonds. The summed E-state index contributed by atoms with van der Waals surface area (Å²) in [6, 6.07) is 2.46. The summed E-state index contributed by atoms with van der Waals surface area (Å²) in [5.41, 5.74) is 1.21. The highest BCUT2D eigenvalue weighted by Gasteiger charge is 2.39. The lowest BCUT2D eigenvalue weighted by Gasteiger charge is -2.35. The normalized spacial score (nSPS) is 23.7. The van der Waals surface area contributed by atoms with Crippen LogP contribution < -0.4 is 53.2 Å². The minimum Gasteiger partial charge on any atom is -0.394 e. The first-order valence-corrected chi connectivity index (χ1v) is 20.3.